The molecule has 0 aliphatic carbocycles. The third-order valence-corrected chi connectivity index (χ3v) is 2.62. The summed E-state index contributed by atoms with van der Waals surface area (Å²) in [6.45, 7) is 4.01. The lowest BCUT2D eigenvalue weighted by atomic mass is 10.2. The van der Waals surface area contributed by atoms with Gasteiger partial charge in [-0.15, -0.1) is 0 Å². The van der Waals surface area contributed by atoms with Gasteiger partial charge in [0, 0.05) is 16.8 Å². The van der Waals surface area contributed by atoms with Crippen molar-refractivity contribution in [2.75, 3.05) is 7.11 Å². The van der Waals surface area contributed by atoms with Crippen molar-refractivity contribution in [2.45, 2.75) is 13.8 Å². The van der Waals surface area contributed by atoms with Crippen molar-refractivity contribution in [3.05, 3.63) is 29.9 Å². The molecule has 88 valence electrons. The third-order valence-electron chi connectivity index (χ3n) is 2.62. The fourth-order valence-electron chi connectivity index (χ4n) is 1.73. The number of carbonyl (C=O) groups is 1. The summed E-state index contributed by atoms with van der Waals surface area (Å²) < 4.78 is 6.10. The van der Waals surface area contributed by atoms with Crippen molar-refractivity contribution >= 4 is 22.9 Å². The van der Waals surface area contributed by atoms with Gasteiger partial charge < -0.3 is 9.72 Å². The number of hydrogen-bond donors (Lipinski definition) is 1. The van der Waals surface area contributed by atoms with Crippen molar-refractivity contribution < 1.29 is 14.2 Å². The Morgan fingerprint density at radius 3 is 2.82 bits per heavy atom. The average Bonchev–Trinajstić information content (AvgIpc) is 2.62. The van der Waals surface area contributed by atoms with E-state index in [0.29, 0.717) is 0 Å². The Morgan fingerprint density at radius 1 is 1.41 bits per heavy atom. The molecule has 0 aromatic carbocycles. The van der Waals surface area contributed by atoms with Crippen molar-refractivity contribution in [3.8, 4) is 0 Å². The van der Waals surface area contributed by atoms with Crippen LogP contribution in [0.1, 0.15) is 11.4 Å². The molecular weight excluding hydrogens is 218 g/mol. The van der Waals surface area contributed by atoms with Gasteiger partial charge in [-0.3, -0.25) is 0 Å². The molecule has 0 bridgehead atoms. The maximum Gasteiger partial charge on any atom is 0.336 e. The number of carbonyl (C=O) groups excluding carboxylic acids is 1. The number of rotatable bonds is 2. The van der Waals surface area contributed by atoms with E-state index in [-0.39, 0.29) is 0 Å². The zero-order valence-electron chi connectivity index (χ0n) is 10.0. The van der Waals surface area contributed by atoms with Crippen LogP contribution in [0.5, 0.6) is 0 Å². The molecule has 0 aliphatic heterocycles. The lowest BCUT2D eigenvalue weighted by molar-refractivity contribution is -0.632. The van der Waals surface area contributed by atoms with Gasteiger partial charge in [0.2, 0.25) is 12.4 Å². The van der Waals surface area contributed by atoms with E-state index < -0.39 is 5.97 Å². The number of aryl methyl sites for hydroxylation is 2. The number of aromatic nitrogens is 3. The first-order chi connectivity index (χ1) is 8.11. The van der Waals surface area contributed by atoms with E-state index >= 15 is 0 Å². The predicted molar refractivity (Wildman–Crippen MR) is 63.1 cm³/mol. The van der Waals surface area contributed by atoms with Gasteiger partial charge in [-0.1, -0.05) is 4.68 Å². The summed E-state index contributed by atoms with van der Waals surface area (Å²) in [6, 6.07) is 0. The fraction of sp³-hybridized carbons (Fsp3) is 0.250. The highest BCUT2D eigenvalue weighted by Crippen LogP contribution is 2.18. The Kier molecular flexibility index (Phi) is 2.91. The van der Waals surface area contributed by atoms with E-state index in [9.17, 15) is 4.79 Å². The first-order valence-corrected chi connectivity index (χ1v) is 5.24. The van der Waals surface area contributed by atoms with E-state index in [1.807, 2.05) is 20.0 Å². The van der Waals surface area contributed by atoms with Crippen molar-refractivity contribution in [2.24, 2.45) is 0 Å². The SMILES string of the molecule is COC(=O)C=C[n+]1cc2c(C)[nH]c(C)c2cn1. The van der Waals surface area contributed by atoms with Crippen LogP contribution in [-0.2, 0) is 9.53 Å². The summed E-state index contributed by atoms with van der Waals surface area (Å²) >= 11 is 0. The minimum absolute atomic E-state index is 0.402. The number of nitrogens with one attached hydrogen (secondary N) is 1. The van der Waals surface area contributed by atoms with Crippen LogP contribution in [0.2, 0.25) is 0 Å². The maximum absolute atomic E-state index is 11.0. The van der Waals surface area contributed by atoms with Gasteiger partial charge in [0.15, 0.2) is 0 Å². The number of nitrogens with zero attached hydrogens (tertiary/aromatic N) is 2. The molecule has 1 N–H and O–H groups in total. The van der Waals surface area contributed by atoms with E-state index in [4.69, 9.17) is 0 Å². The zero-order valence-corrected chi connectivity index (χ0v) is 10.0. The molecule has 0 amide bonds. The Hall–Kier alpha value is -2.17. The lowest BCUT2D eigenvalue weighted by Crippen LogP contribution is -2.30. The predicted octanol–water partition coefficient (Wildman–Crippen LogP) is 1.11. The molecular formula is C12H14N3O2+. The molecule has 2 aromatic rings. The third kappa shape index (κ3) is 2.18. The second kappa shape index (κ2) is 4.37. The standard InChI is InChI=1S/C12H13N3O2/c1-8-10-6-13-15(5-4-12(16)17-3)7-11(10)9(2)14-8/h4-7H,1-3H3/p+1. The van der Waals surface area contributed by atoms with E-state index in [1.165, 1.54) is 13.2 Å². The first-order valence-electron chi connectivity index (χ1n) is 5.24. The van der Waals surface area contributed by atoms with E-state index in [1.54, 1.807) is 17.1 Å². The van der Waals surface area contributed by atoms with Crippen LogP contribution in [0.25, 0.3) is 17.0 Å². The molecule has 0 saturated heterocycles. The Bertz CT molecular complexity index is 599. The largest absolute Gasteiger partial charge is 0.466 e. The number of aromatic amines is 1. The number of esters is 1. The van der Waals surface area contributed by atoms with E-state index in [2.05, 4.69) is 14.8 Å². The van der Waals surface area contributed by atoms with Gasteiger partial charge >= 0.3 is 5.97 Å². The zero-order chi connectivity index (χ0) is 12.4. The second-order valence-corrected chi connectivity index (χ2v) is 3.79. The molecule has 5 nitrogen and oxygen atoms in total. The average molecular weight is 232 g/mol. The van der Waals surface area contributed by atoms with E-state index in [0.717, 1.165) is 22.2 Å². The molecule has 0 aliphatic rings. The summed E-state index contributed by atoms with van der Waals surface area (Å²) in [7, 11) is 1.34. The number of hydrogen-bond acceptors (Lipinski definition) is 3. The molecule has 17 heavy (non-hydrogen) atoms. The Morgan fingerprint density at radius 2 is 2.12 bits per heavy atom. The summed E-state index contributed by atoms with van der Waals surface area (Å²) in [6.07, 6.45) is 6.53. The van der Waals surface area contributed by atoms with Gasteiger partial charge in [0.1, 0.15) is 6.20 Å². The molecule has 2 aromatic heterocycles. The number of H-pyrrole nitrogens is 1. The van der Waals surface area contributed by atoms with Gasteiger partial charge in [0.05, 0.1) is 18.6 Å². The van der Waals surface area contributed by atoms with Gasteiger partial charge in [-0.25, -0.2) is 4.79 Å². The van der Waals surface area contributed by atoms with Crippen LogP contribution in [0.3, 0.4) is 0 Å². The number of methoxy groups -OCH3 is 1. The molecule has 0 radical (unpaired) electrons. The van der Waals surface area contributed by atoms with Crippen LogP contribution in [0, 0.1) is 13.8 Å². The van der Waals surface area contributed by atoms with Crippen molar-refractivity contribution in [1.29, 1.82) is 0 Å². The van der Waals surface area contributed by atoms with Crippen LogP contribution in [0.15, 0.2) is 18.5 Å². The molecule has 5 heteroatoms. The number of ether oxygens (including phenoxy) is 1. The summed E-state index contributed by atoms with van der Waals surface area (Å²) in [5.41, 5.74) is 2.18. The van der Waals surface area contributed by atoms with Crippen molar-refractivity contribution in [3.63, 3.8) is 0 Å². The molecule has 2 heterocycles. The summed E-state index contributed by atoms with van der Waals surface area (Å²) in [5.74, 6) is -0.402. The highest BCUT2D eigenvalue weighted by atomic mass is 16.5. The van der Waals surface area contributed by atoms with Gasteiger partial charge in [-0.2, -0.15) is 0 Å². The highest BCUT2D eigenvalue weighted by Gasteiger charge is 2.09. The van der Waals surface area contributed by atoms with Gasteiger partial charge in [0.25, 0.3) is 0 Å². The van der Waals surface area contributed by atoms with Crippen LogP contribution < -0.4 is 4.68 Å². The quantitative estimate of drug-likeness (QED) is 0.479. The van der Waals surface area contributed by atoms with Crippen LogP contribution in [0.4, 0.5) is 0 Å². The molecule has 0 saturated carbocycles. The van der Waals surface area contributed by atoms with Crippen molar-refractivity contribution in [1.82, 2.24) is 10.1 Å². The minimum Gasteiger partial charge on any atom is -0.466 e. The molecule has 2 rings (SSSR count). The Labute approximate surface area is 98.7 Å². The fourth-order valence-corrected chi connectivity index (χ4v) is 1.73. The number of fused-ring (bicyclic) bond motifs is 1. The molecule has 0 fully saturated rings. The molecule has 0 unspecified atom stereocenters. The topological polar surface area (TPSA) is 58.9 Å². The lowest BCUT2D eigenvalue weighted by Gasteiger charge is -1.89. The summed E-state index contributed by atoms with van der Waals surface area (Å²) in [5, 5.41) is 6.37. The molecule has 0 spiro atoms. The highest BCUT2D eigenvalue weighted by molar-refractivity contribution is 5.86. The van der Waals surface area contributed by atoms with Crippen LogP contribution >= 0.6 is 0 Å². The first kappa shape index (κ1) is 11.3. The van der Waals surface area contributed by atoms with Gasteiger partial charge in [-0.05, 0) is 18.9 Å². The smallest absolute Gasteiger partial charge is 0.336 e. The Balaban J connectivity index is 2.41. The normalized spacial score (nSPS) is 11.2. The maximum atomic E-state index is 11.0. The summed E-state index contributed by atoms with van der Waals surface area (Å²) in [4.78, 5) is 14.2. The second-order valence-electron chi connectivity index (χ2n) is 3.79. The monoisotopic (exact) mass is 232 g/mol. The molecule has 0 atom stereocenters. The minimum atomic E-state index is -0.402. The van der Waals surface area contributed by atoms with Crippen LogP contribution in [-0.4, -0.2) is 23.2 Å².